The molecule has 18 heavy (non-hydrogen) atoms. The van der Waals surface area contributed by atoms with Gasteiger partial charge in [0.25, 0.3) is 0 Å². The van der Waals surface area contributed by atoms with E-state index in [0.29, 0.717) is 0 Å². The van der Waals surface area contributed by atoms with Crippen LogP contribution in [0.25, 0.3) is 0 Å². The fourth-order valence-corrected chi connectivity index (χ4v) is 0. The van der Waals surface area contributed by atoms with Gasteiger partial charge in [-0.1, -0.05) is 0 Å². The summed E-state index contributed by atoms with van der Waals surface area (Å²) < 4.78 is 98.5. The molecular weight excluding hydrogens is 687 g/mol. The Morgan fingerprint density at radius 1 is 0.611 bits per heavy atom. The molecule has 0 saturated carbocycles. The molecule has 96 valence electrons. The van der Waals surface area contributed by atoms with E-state index in [9.17, 15) is 0 Å². The van der Waals surface area contributed by atoms with E-state index < -0.39 is 31.2 Å². The predicted molar refractivity (Wildman–Crippen MR) is 37.0 cm³/mol. The van der Waals surface area contributed by atoms with Crippen molar-refractivity contribution < 1.29 is 259 Å². The fourth-order valence-electron chi connectivity index (χ4n) is 0. The van der Waals surface area contributed by atoms with Crippen LogP contribution in [0.4, 0.5) is 0 Å². The van der Waals surface area contributed by atoms with Crippen LogP contribution in [-0.2, 0) is 31.2 Å². The molecule has 0 aromatic rings. The molecule has 0 saturated heterocycles. The molecule has 0 aliphatic rings. The van der Waals surface area contributed by atoms with Gasteiger partial charge in [0.05, 0.1) is 0 Å². The SMILES string of the molecule is O=S(=O)(O)O.O=S(=O)([O-])O.O=S(=O)([O-])[O-].[Cs+].[Cs+].[Cs+]. The quantitative estimate of drug-likeness (QED) is 0.159. The Balaban J connectivity index is -0.0000000277. The van der Waals surface area contributed by atoms with Crippen LogP contribution in [0.5, 0.6) is 0 Å². The molecule has 0 amide bonds. The van der Waals surface area contributed by atoms with Crippen molar-refractivity contribution in [2.45, 2.75) is 0 Å². The molecule has 0 atom stereocenters. The van der Waals surface area contributed by atoms with E-state index in [1.807, 2.05) is 0 Å². The van der Waals surface area contributed by atoms with Crippen molar-refractivity contribution in [3.05, 3.63) is 0 Å². The maximum atomic E-state index is 8.74. The van der Waals surface area contributed by atoms with Crippen LogP contribution in [0.15, 0.2) is 0 Å². The van der Waals surface area contributed by atoms with E-state index in [1.54, 1.807) is 0 Å². The van der Waals surface area contributed by atoms with Crippen LogP contribution in [-0.4, -0.2) is 52.6 Å². The van der Waals surface area contributed by atoms with Crippen LogP contribution in [0.1, 0.15) is 0 Å². The van der Waals surface area contributed by atoms with Crippen molar-refractivity contribution in [2.24, 2.45) is 0 Å². The molecule has 12 nitrogen and oxygen atoms in total. The smallest absolute Gasteiger partial charge is 0.759 e. The molecule has 0 fully saturated rings. The molecule has 18 heteroatoms. The van der Waals surface area contributed by atoms with Gasteiger partial charge in [-0.3, -0.25) is 22.1 Å². The molecule has 3 N–H and O–H groups in total. The second-order valence-electron chi connectivity index (χ2n) is 1.28. The van der Waals surface area contributed by atoms with Gasteiger partial charge in [-0.25, -0.2) is 8.42 Å². The second kappa shape index (κ2) is 19.1. The van der Waals surface area contributed by atoms with Crippen molar-refractivity contribution in [2.75, 3.05) is 0 Å². The average molecular weight is 690 g/mol. The van der Waals surface area contributed by atoms with Crippen molar-refractivity contribution >= 4 is 31.2 Å². The topological polar surface area (TPSA) is 232 Å². The molecule has 0 aromatic heterocycles. The van der Waals surface area contributed by atoms with Crippen LogP contribution in [0.3, 0.4) is 0 Å². The summed E-state index contributed by atoms with van der Waals surface area (Å²) in [5.41, 5.74) is 0. The Kier molecular flexibility index (Phi) is 41.4. The van der Waals surface area contributed by atoms with Gasteiger partial charge in [0.15, 0.2) is 0 Å². The summed E-state index contributed by atoms with van der Waals surface area (Å²) in [6, 6.07) is 0. The van der Waals surface area contributed by atoms with Crippen LogP contribution in [0.2, 0.25) is 0 Å². The van der Waals surface area contributed by atoms with Gasteiger partial charge < -0.3 is 13.7 Å². The van der Waals surface area contributed by atoms with Crippen molar-refractivity contribution in [3.8, 4) is 0 Å². The Labute approximate surface area is 280 Å². The maximum absolute atomic E-state index is 8.74. The molecule has 0 aromatic carbocycles. The first-order chi connectivity index (χ1) is 6.00. The summed E-state index contributed by atoms with van der Waals surface area (Å²) in [6.07, 6.45) is 0. The molecule has 0 rings (SSSR count). The third-order valence-electron chi connectivity index (χ3n) is 0. The summed E-state index contributed by atoms with van der Waals surface area (Å²) >= 11 is 0. The molecular formula is H3Cs3O12S3. The van der Waals surface area contributed by atoms with E-state index >= 15 is 0 Å². The minimum atomic E-state index is -5.17. The van der Waals surface area contributed by atoms with E-state index in [4.69, 9.17) is 52.6 Å². The van der Waals surface area contributed by atoms with Crippen molar-refractivity contribution in [1.29, 1.82) is 0 Å². The third kappa shape index (κ3) is 282. The first-order valence-corrected chi connectivity index (χ1v) is 6.14. The van der Waals surface area contributed by atoms with Gasteiger partial charge in [0.1, 0.15) is 0 Å². The third-order valence-corrected chi connectivity index (χ3v) is 0. The number of hydrogen-bond donors (Lipinski definition) is 3. The maximum Gasteiger partial charge on any atom is 1.00 e. The summed E-state index contributed by atoms with van der Waals surface area (Å²) in [5, 5.41) is 0. The van der Waals surface area contributed by atoms with Gasteiger partial charge in [-0.15, -0.1) is 0 Å². The molecule has 0 radical (unpaired) electrons. The molecule has 0 aliphatic heterocycles. The van der Waals surface area contributed by atoms with Gasteiger partial charge in [-0.2, -0.15) is 8.42 Å². The zero-order chi connectivity index (χ0) is 13.5. The first-order valence-electron chi connectivity index (χ1n) is 2.05. The van der Waals surface area contributed by atoms with E-state index in [2.05, 4.69) is 0 Å². The van der Waals surface area contributed by atoms with Crippen LogP contribution in [0, 0.1) is 0 Å². The molecule has 0 heterocycles. The van der Waals surface area contributed by atoms with Gasteiger partial charge in [0, 0.05) is 10.4 Å². The van der Waals surface area contributed by atoms with Gasteiger partial charge >= 0.3 is 217 Å². The first kappa shape index (κ1) is 39.0. The van der Waals surface area contributed by atoms with Crippen LogP contribution < -0.4 is 207 Å². The summed E-state index contributed by atoms with van der Waals surface area (Å²) in [7, 11) is -14.7. The Bertz CT molecular complexity index is 343. The molecule has 0 aliphatic carbocycles. The van der Waals surface area contributed by atoms with E-state index in [1.165, 1.54) is 0 Å². The van der Waals surface area contributed by atoms with E-state index in [-0.39, 0.29) is 207 Å². The Morgan fingerprint density at radius 2 is 0.611 bits per heavy atom. The Hall–Kier alpha value is 5.77. The summed E-state index contributed by atoms with van der Waals surface area (Å²) in [5.74, 6) is 0. The zero-order valence-corrected chi connectivity index (χ0v) is 30.5. The minimum Gasteiger partial charge on any atom is -0.759 e. The summed E-state index contributed by atoms with van der Waals surface area (Å²) in [6.45, 7) is 0. The molecule has 0 bridgehead atoms. The number of rotatable bonds is 0. The number of hydrogen-bond acceptors (Lipinski definition) is 9. The fraction of sp³-hybridized carbons (Fsp3) is 0. The van der Waals surface area contributed by atoms with Crippen molar-refractivity contribution in [1.82, 2.24) is 0 Å². The van der Waals surface area contributed by atoms with E-state index in [0.717, 1.165) is 0 Å². The standard InChI is InChI=1S/3Cs.3H2O4S/c;;;3*1-5(2,3)4/h;;;3*(H2,1,2,3,4)/q3*+1;;;/p-3. The minimum absolute atomic E-state index is 0. The van der Waals surface area contributed by atoms with Gasteiger partial charge in [-0.05, 0) is 0 Å². The average Bonchev–Trinajstić information content (AvgIpc) is 1.41. The zero-order valence-electron chi connectivity index (χ0n) is 9.24. The monoisotopic (exact) mass is 690 g/mol. The normalized spacial score (nSPS) is 9.67. The largest absolute Gasteiger partial charge is 1.00 e. The molecule has 0 unspecified atom stereocenters. The summed E-state index contributed by atoms with van der Waals surface area (Å²) in [4.78, 5) is 0. The second-order valence-corrected chi connectivity index (χ2v) is 3.85. The molecule has 0 spiro atoms. The van der Waals surface area contributed by atoms with Crippen LogP contribution >= 0.6 is 0 Å². The van der Waals surface area contributed by atoms with Gasteiger partial charge in [0.2, 0.25) is 10.4 Å². The van der Waals surface area contributed by atoms with Crippen molar-refractivity contribution in [3.63, 3.8) is 0 Å². The predicted octanol–water partition coefficient (Wildman–Crippen LogP) is -12.0. The Morgan fingerprint density at radius 3 is 0.611 bits per heavy atom.